The van der Waals surface area contributed by atoms with Gasteiger partial charge in [-0.25, -0.2) is 0 Å². The summed E-state index contributed by atoms with van der Waals surface area (Å²) in [5, 5.41) is 21.3. The van der Waals surface area contributed by atoms with Gasteiger partial charge in [0.1, 0.15) is 11.6 Å². The van der Waals surface area contributed by atoms with Gasteiger partial charge in [0.25, 0.3) is 0 Å². The van der Waals surface area contributed by atoms with E-state index in [1.807, 2.05) is 0 Å². The van der Waals surface area contributed by atoms with E-state index in [-0.39, 0.29) is 12.8 Å². The van der Waals surface area contributed by atoms with E-state index in [1.54, 1.807) is 0 Å². The summed E-state index contributed by atoms with van der Waals surface area (Å²) in [6.07, 6.45) is 1.83. The third kappa shape index (κ3) is 6.69. The molecule has 0 saturated carbocycles. The second-order valence-electron chi connectivity index (χ2n) is 4.60. The molecule has 0 spiro atoms. The van der Waals surface area contributed by atoms with Crippen LogP contribution in [0.4, 0.5) is 0 Å². The minimum Gasteiger partial charge on any atom is -0.549 e. The summed E-state index contributed by atoms with van der Waals surface area (Å²) in [5.74, 6) is -5.88. The topological polar surface area (TPSA) is 114 Å². The van der Waals surface area contributed by atoms with E-state index in [9.17, 15) is 29.4 Å². The molecule has 19 heavy (non-hydrogen) atoms. The van der Waals surface area contributed by atoms with Crippen molar-refractivity contribution in [2.24, 2.45) is 11.8 Å². The van der Waals surface area contributed by atoms with Crippen LogP contribution in [0.15, 0.2) is 0 Å². The van der Waals surface area contributed by atoms with Crippen LogP contribution in [0.5, 0.6) is 0 Å². The number of rotatable bonds is 10. The van der Waals surface area contributed by atoms with Crippen molar-refractivity contribution in [2.45, 2.75) is 46.0 Å². The first kappa shape index (κ1) is 17.3. The van der Waals surface area contributed by atoms with E-state index < -0.39 is 35.3 Å². The lowest BCUT2D eigenvalue weighted by Gasteiger charge is -2.16. The number of carbonyl (C=O) groups excluding carboxylic acids is 4. The summed E-state index contributed by atoms with van der Waals surface area (Å²) in [6.45, 7) is 2.39. The second-order valence-corrected chi connectivity index (χ2v) is 4.60. The molecule has 0 aromatic rings. The zero-order valence-electron chi connectivity index (χ0n) is 11.1. The lowest BCUT2D eigenvalue weighted by atomic mass is 9.94. The normalized spacial score (nSPS) is 13.6. The molecule has 0 N–H and O–H groups in total. The molecule has 6 nitrogen and oxygen atoms in total. The van der Waals surface area contributed by atoms with Crippen LogP contribution in [0.3, 0.4) is 0 Å². The molecule has 0 saturated heterocycles. The molecule has 108 valence electrons. The van der Waals surface area contributed by atoms with Gasteiger partial charge >= 0.3 is 0 Å². The summed E-state index contributed by atoms with van der Waals surface area (Å²) < 4.78 is 0. The third-order valence-electron chi connectivity index (χ3n) is 3.04. The molecule has 2 atom stereocenters. The van der Waals surface area contributed by atoms with Gasteiger partial charge < -0.3 is 19.8 Å². The fraction of sp³-hybridized carbons (Fsp3) is 0.692. The van der Waals surface area contributed by atoms with E-state index in [0.29, 0.717) is 19.3 Å². The Morgan fingerprint density at radius 1 is 0.737 bits per heavy atom. The number of aliphatic carboxylic acids is 2. The molecule has 0 aliphatic carbocycles. The van der Waals surface area contributed by atoms with Crippen molar-refractivity contribution in [1.82, 2.24) is 0 Å². The molecule has 0 radical (unpaired) electrons. The van der Waals surface area contributed by atoms with E-state index in [1.165, 1.54) is 13.8 Å². The Morgan fingerprint density at radius 2 is 1.05 bits per heavy atom. The van der Waals surface area contributed by atoms with Gasteiger partial charge in [-0.1, -0.05) is 19.3 Å². The first-order chi connectivity index (χ1) is 8.77. The van der Waals surface area contributed by atoms with Crippen LogP contribution in [-0.4, -0.2) is 23.5 Å². The minimum absolute atomic E-state index is 0.174. The molecule has 2 unspecified atom stereocenters. The van der Waals surface area contributed by atoms with Gasteiger partial charge in [-0.3, -0.25) is 9.59 Å². The number of hydrogen-bond donors (Lipinski definition) is 0. The molecule has 0 fully saturated rings. The standard InChI is InChI=1S/C13H20O6/c1-8(14)10(12(16)17)6-4-3-5-7-11(9(2)15)13(18)19/h10-11H,3-7H2,1-2H3,(H,16,17)(H,18,19)/p-2. The molecule has 0 bridgehead atoms. The number of carboxylic acid groups (broad SMARTS) is 2. The molecule has 0 aromatic heterocycles. The van der Waals surface area contributed by atoms with Crippen LogP contribution in [0.1, 0.15) is 46.0 Å². The second kappa shape index (κ2) is 8.39. The fourth-order valence-corrected chi connectivity index (χ4v) is 1.85. The van der Waals surface area contributed by atoms with Crippen LogP contribution in [0.25, 0.3) is 0 Å². The van der Waals surface area contributed by atoms with Gasteiger partial charge in [-0.2, -0.15) is 0 Å². The largest absolute Gasteiger partial charge is 0.549 e. The van der Waals surface area contributed by atoms with Crippen LogP contribution < -0.4 is 10.2 Å². The molecule has 0 aliphatic heterocycles. The first-order valence-electron chi connectivity index (χ1n) is 6.20. The Morgan fingerprint density at radius 3 is 1.26 bits per heavy atom. The zero-order valence-corrected chi connectivity index (χ0v) is 11.1. The van der Waals surface area contributed by atoms with Gasteiger partial charge in [0.15, 0.2) is 0 Å². The highest BCUT2D eigenvalue weighted by Crippen LogP contribution is 2.15. The lowest BCUT2D eigenvalue weighted by Crippen LogP contribution is -2.35. The SMILES string of the molecule is CC(=O)C(CCCCCC(C(C)=O)C(=O)[O-])C(=O)[O-]. The average molecular weight is 270 g/mol. The third-order valence-corrected chi connectivity index (χ3v) is 3.04. The van der Waals surface area contributed by atoms with Crippen molar-refractivity contribution >= 4 is 23.5 Å². The summed E-state index contributed by atoms with van der Waals surface area (Å²) in [7, 11) is 0. The summed E-state index contributed by atoms with van der Waals surface area (Å²) in [6, 6.07) is 0. The van der Waals surface area contributed by atoms with Crippen LogP contribution in [0.2, 0.25) is 0 Å². The highest BCUT2D eigenvalue weighted by molar-refractivity contribution is 5.96. The summed E-state index contributed by atoms with van der Waals surface area (Å²) in [4.78, 5) is 43.2. The quantitative estimate of drug-likeness (QED) is 0.365. The predicted molar refractivity (Wildman–Crippen MR) is 61.4 cm³/mol. The fourth-order valence-electron chi connectivity index (χ4n) is 1.85. The Labute approximate surface area is 111 Å². The zero-order chi connectivity index (χ0) is 15.0. The molecule has 0 aromatic carbocycles. The van der Waals surface area contributed by atoms with Gasteiger partial charge in [0.2, 0.25) is 0 Å². The van der Waals surface area contributed by atoms with E-state index in [2.05, 4.69) is 0 Å². The molecule has 6 heteroatoms. The molecule has 0 amide bonds. The van der Waals surface area contributed by atoms with Crippen molar-refractivity contribution in [3.05, 3.63) is 0 Å². The minimum atomic E-state index is -1.39. The Hall–Kier alpha value is -1.72. The molecular formula is C13H18O6-2. The maximum atomic E-state index is 11.0. The van der Waals surface area contributed by atoms with Crippen molar-refractivity contribution in [2.75, 3.05) is 0 Å². The molecule has 0 aliphatic rings. The number of unbranched alkanes of at least 4 members (excludes halogenated alkanes) is 2. The molecule has 0 heterocycles. The number of Topliss-reactive ketones (excluding diaryl/α,β-unsaturated/α-hetero) is 2. The smallest absolute Gasteiger partial charge is 0.138 e. The van der Waals surface area contributed by atoms with Gasteiger partial charge in [0, 0.05) is 0 Å². The van der Waals surface area contributed by atoms with Crippen LogP contribution in [0, 0.1) is 11.8 Å². The van der Waals surface area contributed by atoms with Crippen molar-refractivity contribution in [1.29, 1.82) is 0 Å². The lowest BCUT2D eigenvalue weighted by molar-refractivity contribution is -0.311. The van der Waals surface area contributed by atoms with E-state index >= 15 is 0 Å². The van der Waals surface area contributed by atoms with Crippen molar-refractivity contribution in [3.8, 4) is 0 Å². The maximum Gasteiger partial charge on any atom is 0.138 e. The Kier molecular flexibility index (Phi) is 7.63. The Bertz CT molecular complexity index is 298. The monoisotopic (exact) mass is 270 g/mol. The van der Waals surface area contributed by atoms with Gasteiger partial charge in [-0.15, -0.1) is 0 Å². The number of ketones is 2. The predicted octanol–water partition coefficient (Wildman–Crippen LogP) is -1.15. The number of carbonyl (C=O) groups is 4. The van der Waals surface area contributed by atoms with E-state index in [4.69, 9.17) is 0 Å². The molecular weight excluding hydrogens is 252 g/mol. The summed E-state index contributed by atoms with van der Waals surface area (Å²) in [5.41, 5.74) is 0. The van der Waals surface area contributed by atoms with Crippen LogP contribution >= 0.6 is 0 Å². The van der Waals surface area contributed by atoms with Gasteiger partial charge in [0.05, 0.1) is 23.8 Å². The molecule has 0 rings (SSSR count). The maximum absolute atomic E-state index is 11.0. The highest BCUT2D eigenvalue weighted by Gasteiger charge is 2.16. The van der Waals surface area contributed by atoms with Crippen LogP contribution in [-0.2, 0) is 19.2 Å². The number of hydrogen-bond acceptors (Lipinski definition) is 6. The van der Waals surface area contributed by atoms with Crippen molar-refractivity contribution in [3.63, 3.8) is 0 Å². The van der Waals surface area contributed by atoms with Crippen molar-refractivity contribution < 1.29 is 29.4 Å². The summed E-state index contributed by atoms with van der Waals surface area (Å²) >= 11 is 0. The average Bonchev–Trinajstić information content (AvgIpc) is 2.25. The Balaban J connectivity index is 3.98. The number of carboxylic acids is 2. The van der Waals surface area contributed by atoms with E-state index in [0.717, 1.165) is 0 Å². The highest BCUT2D eigenvalue weighted by atomic mass is 16.4. The first-order valence-corrected chi connectivity index (χ1v) is 6.20. The van der Waals surface area contributed by atoms with Gasteiger partial charge in [-0.05, 0) is 26.7 Å².